The second-order valence-corrected chi connectivity index (χ2v) is 3.42. The number of carbonyl (C=O) groups excluding carboxylic acids is 1. The Kier molecular flexibility index (Phi) is 2.78. The number of hydrogen-bond acceptors (Lipinski definition) is 4. The van der Waals surface area contributed by atoms with E-state index in [4.69, 9.17) is 4.52 Å². The summed E-state index contributed by atoms with van der Waals surface area (Å²) in [6.45, 7) is 1.68. The monoisotopic (exact) mass is 236 g/mol. The van der Waals surface area contributed by atoms with Crippen LogP contribution in [0.15, 0.2) is 28.8 Å². The third-order valence-corrected chi connectivity index (χ3v) is 2.08. The molecule has 6 heteroatoms. The zero-order valence-corrected chi connectivity index (χ0v) is 8.90. The van der Waals surface area contributed by atoms with Gasteiger partial charge in [0, 0.05) is 6.07 Å². The molecule has 0 radical (unpaired) electrons. The quantitative estimate of drug-likeness (QED) is 0.837. The van der Waals surface area contributed by atoms with Crippen molar-refractivity contribution in [3.8, 4) is 5.75 Å². The van der Waals surface area contributed by atoms with Crippen molar-refractivity contribution in [3.63, 3.8) is 0 Å². The van der Waals surface area contributed by atoms with Gasteiger partial charge in [0.2, 0.25) is 5.88 Å². The Morgan fingerprint density at radius 2 is 2.29 bits per heavy atom. The van der Waals surface area contributed by atoms with Crippen LogP contribution in [0.3, 0.4) is 0 Å². The van der Waals surface area contributed by atoms with E-state index in [1.165, 1.54) is 18.2 Å². The van der Waals surface area contributed by atoms with E-state index in [1.54, 1.807) is 6.92 Å². The second-order valence-electron chi connectivity index (χ2n) is 3.42. The van der Waals surface area contributed by atoms with E-state index >= 15 is 0 Å². The molecule has 0 aliphatic rings. The lowest BCUT2D eigenvalue weighted by Gasteiger charge is -2.04. The maximum Gasteiger partial charge on any atom is 0.264 e. The average Bonchev–Trinajstić information content (AvgIpc) is 2.63. The molecule has 0 fully saturated rings. The summed E-state index contributed by atoms with van der Waals surface area (Å²) in [5, 5.41) is 15.3. The number of aromatic nitrogens is 1. The molecule has 1 heterocycles. The van der Waals surface area contributed by atoms with E-state index in [-0.39, 0.29) is 5.88 Å². The number of phenols is 1. The van der Waals surface area contributed by atoms with Crippen molar-refractivity contribution in [2.24, 2.45) is 0 Å². The number of benzene rings is 1. The van der Waals surface area contributed by atoms with Crippen molar-refractivity contribution in [2.45, 2.75) is 6.92 Å². The SMILES string of the molecule is Cc1cc(NC(=O)c2c(O)cccc2F)on1. The number of aryl methyl sites for hydroxylation is 1. The highest BCUT2D eigenvalue weighted by Gasteiger charge is 2.17. The molecule has 0 aliphatic carbocycles. The lowest BCUT2D eigenvalue weighted by Crippen LogP contribution is -2.13. The molecule has 0 bridgehead atoms. The molecule has 0 spiro atoms. The number of phenolic OH excluding ortho intramolecular Hbond substituents is 1. The summed E-state index contributed by atoms with van der Waals surface area (Å²) in [6, 6.07) is 5.10. The van der Waals surface area contributed by atoms with Crippen LogP contribution in [0.4, 0.5) is 10.3 Å². The Balaban J connectivity index is 2.26. The summed E-state index contributed by atoms with van der Waals surface area (Å²) in [6.07, 6.45) is 0. The number of aromatic hydroxyl groups is 1. The Labute approximate surface area is 95.9 Å². The van der Waals surface area contributed by atoms with Gasteiger partial charge >= 0.3 is 0 Å². The number of halogens is 1. The van der Waals surface area contributed by atoms with Crippen LogP contribution in [0.2, 0.25) is 0 Å². The van der Waals surface area contributed by atoms with Crippen LogP contribution in [0.5, 0.6) is 5.75 Å². The van der Waals surface area contributed by atoms with Crippen LogP contribution in [0.25, 0.3) is 0 Å². The molecule has 88 valence electrons. The van der Waals surface area contributed by atoms with Gasteiger partial charge in [-0.2, -0.15) is 0 Å². The molecule has 0 atom stereocenters. The predicted molar refractivity (Wildman–Crippen MR) is 57.3 cm³/mol. The Bertz CT molecular complexity index is 545. The van der Waals surface area contributed by atoms with Crippen LogP contribution in [0.1, 0.15) is 16.1 Å². The Morgan fingerprint density at radius 3 is 2.88 bits per heavy atom. The van der Waals surface area contributed by atoms with Crippen LogP contribution >= 0.6 is 0 Å². The number of amides is 1. The molecule has 2 N–H and O–H groups in total. The normalized spacial score (nSPS) is 10.2. The number of nitrogens with one attached hydrogen (secondary N) is 1. The molecular formula is C11H9FN2O3. The fourth-order valence-electron chi connectivity index (χ4n) is 1.33. The molecule has 1 aromatic heterocycles. The van der Waals surface area contributed by atoms with Crippen LogP contribution in [-0.2, 0) is 0 Å². The molecule has 5 nitrogen and oxygen atoms in total. The fourth-order valence-corrected chi connectivity index (χ4v) is 1.33. The Hall–Kier alpha value is -2.37. The first-order valence-corrected chi connectivity index (χ1v) is 4.80. The van der Waals surface area contributed by atoms with Gasteiger partial charge in [0.15, 0.2) is 0 Å². The van der Waals surface area contributed by atoms with Gasteiger partial charge in [0.05, 0.1) is 5.69 Å². The van der Waals surface area contributed by atoms with Gasteiger partial charge in [-0.15, -0.1) is 0 Å². The van der Waals surface area contributed by atoms with Gasteiger partial charge in [-0.1, -0.05) is 11.2 Å². The number of rotatable bonds is 2. The maximum atomic E-state index is 13.3. The Morgan fingerprint density at radius 1 is 1.53 bits per heavy atom. The number of nitrogens with zero attached hydrogens (tertiary/aromatic N) is 1. The summed E-state index contributed by atoms with van der Waals surface area (Å²) in [5.74, 6) is -1.94. The van der Waals surface area contributed by atoms with Gasteiger partial charge in [-0.3, -0.25) is 10.1 Å². The van der Waals surface area contributed by atoms with Crippen molar-refractivity contribution in [1.82, 2.24) is 5.16 Å². The first kappa shape index (κ1) is 11.1. The minimum Gasteiger partial charge on any atom is -0.507 e. The summed E-state index contributed by atoms with van der Waals surface area (Å²) >= 11 is 0. The summed E-state index contributed by atoms with van der Waals surface area (Å²) < 4.78 is 18.1. The highest BCUT2D eigenvalue weighted by molar-refractivity contribution is 6.05. The third-order valence-electron chi connectivity index (χ3n) is 2.08. The van der Waals surface area contributed by atoms with Crippen molar-refractivity contribution < 1.29 is 18.8 Å². The first-order chi connectivity index (χ1) is 8.08. The lowest BCUT2D eigenvalue weighted by atomic mass is 10.2. The second kappa shape index (κ2) is 4.25. The van der Waals surface area contributed by atoms with E-state index < -0.39 is 23.0 Å². The average molecular weight is 236 g/mol. The summed E-state index contributed by atoms with van der Waals surface area (Å²) in [4.78, 5) is 11.7. The highest BCUT2D eigenvalue weighted by atomic mass is 19.1. The van der Waals surface area contributed by atoms with Crippen molar-refractivity contribution in [1.29, 1.82) is 0 Å². The molecule has 2 aromatic rings. The smallest absolute Gasteiger partial charge is 0.264 e. The van der Waals surface area contributed by atoms with E-state index in [2.05, 4.69) is 10.5 Å². The van der Waals surface area contributed by atoms with E-state index in [0.29, 0.717) is 5.69 Å². The third kappa shape index (κ3) is 2.25. The largest absolute Gasteiger partial charge is 0.507 e. The van der Waals surface area contributed by atoms with Crippen LogP contribution in [-0.4, -0.2) is 16.2 Å². The van der Waals surface area contributed by atoms with Gasteiger partial charge in [0.1, 0.15) is 17.1 Å². The standard InChI is InChI=1S/C11H9FN2O3/c1-6-5-9(17-14-6)13-11(16)10-7(12)3-2-4-8(10)15/h2-5,15H,1H3,(H,13,16). The van der Waals surface area contributed by atoms with Crippen molar-refractivity contribution in [3.05, 3.63) is 41.3 Å². The van der Waals surface area contributed by atoms with E-state index in [0.717, 1.165) is 6.07 Å². The first-order valence-electron chi connectivity index (χ1n) is 4.80. The number of carbonyl (C=O) groups is 1. The van der Waals surface area contributed by atoms with E-state index in [1.807, 2.05) is 0 Å². The molecular weight excluding hydrogens is 227 g/mol. The number of anilines is 1. The molecule has 17 heavy (non-hydrogen) atoms. The predicted octanol–water partition coefficient (Wildman–Crippen LogP) is 2.08. The molecule has 0 unspecified atom stereocenters. The molecule has 0 saturated heterocycles. The molecule has 1 amide bonds. The highest BCUT2D eigenvalue weighted by Crippen LogP contribution is 2.21. The van der Waals surface area contributed by atoms with Gasteiger partial charge in [-0.05, 0) is 19.1 Å². The topological polar surface area (TPSA) is 75.4 Å². The van der Waals surface area contributed by atoms with Crippen molar-refractivity contribution in [2.75, 3.05) is 5.32 Å². The minimum absolute atomic E-state index is 0.0927. The van der Waals surface area contributed by atoms with Crippen LogP contribution in [0, 0.1) is 12.7 Å². The van der Waals surface area contributed by atoms with E-state index in [9.17, 15) is 14.3 Å². The maximum absolute atomic E-state index is 13.3. The lowest BCUT2D eigenvalue weighted by molar-refractivity contribution is 0.101. The molecule has 1 aromatic carbocycles. The summed E-state index contributed by atoms with van der Waals surface area (Å²) in [7, 11) is 0. The molecule has 0 saturated carbocycles. The molecule has 0 aliphatic heterocycles. The van der Waals surface area contributed by atoms with Gasteiger partial charge < -0.3 is 9.63 Å². The minimum atomic E-state index is -0.807. The number of hydrogen-bond donors (Lipinski definition) is 2. The summed E-state index contributed by atoms with van der Waals surface area (Å²) in [5.41, 5.74) is 0.152. The molecule has 2 rings (SSSR count). The zero-order valence-electron chi connectivity index (χ0n) is 8.90. The fraction of sp³-hybridized carbons (Fsp3) is 0.0909. The van der Waals surface area contributed by atoms with Gasteiger partial charge in [0.25, 0.3) is 5.91 Å². The zero-order chi connectivity index (χ0) is 12.4. The van der Waals surface area contributed by atoms with Gasteiger partial charge in [-0.25, -0.2) is 4.39 Å². The van der Waals surface area contributed by atoms with Crippen molar-refractivity contribution >= 4 is 11.8 Å². The van der Waals surface area contributed by atoms with Crippen LogP contribution < -0.4 is 5.32 Å².